The molecular formula is C11H16ClN3O2S. The standard InChI is InChI=1S/C11H16ClN3O2S/c1-8(18(2)17)5-6-13-11(16)15-10-4-3-9(12)7-14-10/h3-4,7-8H,5-6H2,1-2H3,(H2,13,14,15,16). The molecule has 18 heavy (non-hydrogen) atoms. The maximum absolute atomic E-state index is 11.5. The Bertz CT molecular complexity index is 425. The van der Waals surface area contributed by atoms with E-state index in [1.54, 1.807) is 18.4 Å². The molecule has 5 nitrogen and oxygen atoms in total. The van der Waals surface area contributed by atoms with E-state index in [0.717, 1.165) is 0 Å². The minimum absolute atomic E-state index is 0.0685. The van der Waals surface area contributed by atoms with Gasteiger partial charge in [-0.3, -0.25) is 9.53 Å². The van der Waals surface area contributed by atoms with Crippen LogP contribution in [0.5, 0.6) is 0 Å². The van der Waals surface area contributed by atoms with E-state index in [4.69, 9.17) is 11.6 Å². The predicted molar refractivity (Wildman–Crippen MR) is 74.4 cm³/mol. The van der Waals surface area contributed by atoms with E-state index in [-0.39, 0.29) is 11.3 Å². The molecule has 0 aromatic carbocycles. The summed E-state index contributed by atoms with van der Waals surface area (Å²) in [6.45, 7) is 2.36. The Morgan fingerprint density at radius 2 is 2.28 bits per heavy atom. The third-order valence-electron chi connectivity index (χ3n) is 2.37. The topological polar surface area (TPSA) is 71.1 Å². The molecular weight excluding hydrogens is 274 g/mol. The van der Waals surface area contributed by atoms with Crippen molar-refractivity contribution in [3.63, 3.8) is 0 Å². The number of hydrogen-bond donors (Lipinski definition) is 2. The van der Waals surface area contributed by atoms with Gasteiger partial charge in [0.25, 0.3) is 0 Å². The number of aromatic nitrogens is 1. The summed E-state index contributed by atoms with van der Waals surface area (Å²) in [5.74, 6) is 0.434. The number of carbonyl (C=O) groups is 1. The first kappa shape index (κ1) is 14.9. The molecule has 0 fully saturated rings. The Morgan fingerprint density at radius 3 is 2.83 bits per heavy atom. The summed E-state index contributed by atoms with van der Waals surface area (Å²) in [4.78, 5) is 15.4. The number of nitrogens with zero attached hydrogens (tertiary/aromatic N) is 1. The van der Waals surface area contributed by atoms with Crippen molar-refractivity contribution in [3.05, 3.63) is 23.4 Å². The summed E-state index contributed by atoms with van der Waals surface area (Å²) in [5.41, 5.74) is 0. The lowest BCUT2D eigenvalue weighted by Crippen LogP contribution is -2.31. The van der Waals surface area contributed by atoms with Crippen LogP contribution in [0.2, 0.25) is 5.02 Å². The smallest absolute Gasteiger partial charge is 0.320 e. The molecule has 2 atom stereocenters. The van der Waals surface area contributed by atoms with Crippen molar-refractivity contribution in [2.24, 2.45) is 0 Å². The Balaban J connectivity index is 2.30. The van der Waals surface area contributed by atoms with Crippen LogP contribution in [0.1, 0.15) is 13.3 Å². The van der Waals surface area contributed by atoms with Crippen LogP contribution < -0.4 is 10.6 Å². The zero-order chi connectivity index (χ0) is 13.5. The number of urea groups is 1. The summed E-state index contributed by atoms with van der Waals surface area (Å²) in [6, 6.07) is 2.93. The second-order valence-corrected chi connectivity index (χ2v) is 6.08. The molecule has 0 aliphatic rings. The highest BCUT2D eigenvalue weighted by Gasteiger charge is 2.07. The maximum atomic E-state index is 11.5. The van der Waals surface area contributed by atoms with E-state index < -0.39 is 10.8 Å². The van der Waals surface area contributed by atoms with Crippen molar-refractivity contribution in [2.75, 3.05) is 18.1 Å². The number of amides is 2. The van der Waals surface area contributed by atoms with Crippen molar-refractivity contribution in [1.82, 2.24) is 10.3 Å². The van der Waals surface area contributed by atoms with E-state index in [0.29, 0.717) is 23.8 Å². The highest BCUT2D eigenvalue weighted by molar-refractivity contribution is 7.84. The number of halogens is 1. The summed E-state index contributed by atoms with van der Waals surface area (Å²) in [5, 5.41) is 5.83. The minimum Gasteiger partial charge on any atom is -0.338 e. The summed E-state index contributed by atoms with van der Waals surface area (Å²) in [6.07, 6.45) is 3.78. The molecule has 2 unspecified atom stereocenters. The normalized spacial score (nSPS) is 13.7. The molecule has 1 aromatic heterocycles. The van der Waals surface area contributed by atoms with Gasteiger partial charge in [-0.1, -0.05) is 18.5 Å². The largest absolute Gasteiger partial charge is 0.338 e. The lowest BCUT2D eigenvalue weighted by Gasteiger charge is -2.10. The number of carbonyl (C=O) groups excluding carboxylic acids is 1. The molecule has 0 saturated carbocycles. The number of pyridine rings is 1. The molecule has 1 heterocycles. The van der Waals surface area contributed by atoms with E-state index >= 15 is 0 Å². The lowest BCUT2D eigenvalue weighted by molar-refractivity contribution is 0.252. The van der Waals surface area contributed by atoms with Crippen LogP contribution in [0.25, 0.3) is 0 Å². The molecule has 0 aliphatic carbocycles. The zero-order valence-corrected chi connectivity index (χ0v) is 11.8. The van der Waals surface area contributed by atoms with Gasteiger partial charge in [-0.2, -0.15) is 0 Å². The number of anilines is 1. The van der Waals surface area contributed by atoms with Gasteiger partial charge < -0.3 is 5.32 Å². The Labute approximate surface area is 114 Å². The molecule has 0 radical (unpaired) electrons. The van der Waals surface area contributed by atoms with Crippen LogP contribution in [-0.2, 0) is 10.8 Å². The van der Waals surface area contributed by atoms with Crippen molar-refractivity contribution in [2.45, 2.75) is 18.6 Å². The average Bonchev–Trinajstić information content (AvgIpc) is 2.32. The zero-order valence-electron chi connectivity index (χ0n) is 10.3. The van der Waals surface area contributed by atoms with Gasteiger partial charge in [0.15, 0.2) is 0 Å². The van der Waals surface area contributed by atoms with E-state index in [9.17, 15) is 9.00 Å². The Hall–Kier alpha value is -1.14. The van der Waals surface area contributed by atoms with Crippen LogP contribution in [0.15, 0.2) is 18.3 Å². The van der Waals surface area contributed by atoms with Crippen LogP contribution in [-0.4, -0.2) is 33.3 Å². The van der Waals surface area contributed by atoms with Crippen LogP contribution >= 0.6 is 11.6 Å². The fourth-order valence-corrected chi connectivity index (χ4v) is 1.73. The SMILES string of the molecule is CC(CCNC(=O)Nc1ccc(Cl)cn1)S(C)=O. The first-order valence-electron chi connectivity index (χ1n) is 5.47. The predicted octanol–water partition coefficient (Wildman–Crippen LogP) is 2.01. The van der Waals surface area contributed by atoms with Crippen LogP contribution in [0, 0.1) is 0 Å². The van der Waals surface area contributed by atoms with Crippen molar-refractivity contribution in [3.8, 4) is 0 Å². The summed E-state index contributed by atoms with van der Waals surface area (Å²) >= 11 is 5.68. The van der Waals surface area contributed by atoms with E-state index in [1.807, 2.05) is 6.92 Å². The van der Waals surface area contributed by atoms with Gasteiger partial charge in [0, 0.05) is 35.0 Å². The second-order valence-electron chi connectivity index (χ2n) is 3.84. The van der Waals surface area contributed by atoms with Gasteiger partial charge in [0.05, 0.1) is 5.02 Å². The summed E-state index contributed by atoms with van der Waals surface area (Å²) in [7, 11) is -0.864. The van der Waals surface area contributed by atoms with E-state index in [1.165, 1.54) is 6.20 Å². The maximum Gasteiger partial charge on any atom is 0.320 e. The average molecular weight is 290 g/mol. The molecule has 1 rings (SSSR count). The van der Waals surface area contributed by atoms with Gasteiger partial charge in [-0.25, -0.2) is 9.78 Å². The van der Waals surface area contributed by atoms with Gasteiger partial charge in [-0.15, -0.1) is 0 Å². The lowest BCUT2D eigenvalue weighted by atomic mass is 10.3. The highest BCUT2D eigenvalue weighted by Crippen LogP contribution is 2.09. The van der Waals surface area contributed by atoms with Crippen LogP contribution in [0.3, 0.4) is 0 Å². The molecule has 2 N–H and O–H groups in total. The molecule has 100 valence electrons. The van der Waals surface area contributed by atoms with Crippen molar-refractivity contribution < 1.29 is 9.00 Å². The third-order valence-corrected chi connectivity index (χ3v) is 3.96. The van der Waals surface area contributed by atoms with Crippen LogP contribution in [0.4, 0.5) is 10.6 Å². The van der Waals surface area contributed by atoms with Gasteiger partial charge in [0.2, 0.25) is 0 Å². The molecule has 7 heteroatoms. The second kappa shape index (κ2) is 7.33. The number of nitrogens with one attached hydrogen (secondary N) is 2. The molecule has 0 bridgehead atoms. The molecule has 2 amide bonds. The first-order chi connectivity index (χ1) is 8.49. The Kier molecular flexibility index (Phi) is 6.07. The molecule has 1 aromatic rings. The van der Waals surface area contributed by atoms with E-state index in [2.05, 4.69) is 15.6 Å². The minimum atomic E-state index is -0.864. The summed E-state index contributed by atoms with van der Waals surface area (Å²) < 4.78 is 11.1. The third kappa shape index (κ3) is 5.46. The highest BCUT2D eigenvalue weighted by atomic mass is 35.5. The van der Waals surface area contributed by atoms with Crippen molar-refractivity contribution >= 4 is 34.2 Å². The van der Waals surface area contributed by atoms with Gasteiger partial charge >= 0.3 is 6.03 Å². The Morgan fingerprint density at radius 1 is 1.56 bits per heavy atom. The fraction of sp³-hybridized carbons (Fsp3) is 0.455. The first-order valence-corrected chi connectivity index (χ1v) is 7.47. The number of hydrogen-bond acceptors (Lipinski definition) is 3. The quantitative estimate of drug-likeness (QED) is 0.871. The van der Waals surface area contributed by atoms with Gasteiger partial charge in [-0.05, 0) is 18.6 Å². The monoisotopic (exact) mass is 289 g/mol. The van der Waals surface area contributed by atoms with Gasteiger partial charge in [0.1, 0.15) is 5.82 Å². The molecule has 0 aliphatic heterocycles. The molecule has 0 spiro atoms. The van der Waals surface area contributed by atoms with Crippen molar-refractivity contribution in [1.29, 1.82) is 0 Å². The number of rotatable bonds is 5. The fourth-order valence-electron chi connectivity index (χ4n) is 1.17. The molecule has 0 saturated heterocycles.